The van der Waals surface area contributed by atoms with Gasteiger partial charge in [-0.2, -0.15) is 0 Å². The molecule has 0 bridgehead atoms. The van der Waals surface area contributed by atoms with Crippen LogP contribution in [0.4, 0.5) is 0 Å². The van der Waals surface area contributed by atoms with Gasteiger partial charge in [-0.15, -0.1) is 0 Å². The number of ether oxygens (including phenoxy) is 1. The van der Waals surface area contributed by atoms with Crippen LogP contribution in [0.15, 0.2) is 46.2 Å². The molecule has 2 aromatic heterocycles. The predicted molar refractivity (Wildman–Crippen MR) is 77.1 cm³/mol. The van der Waals surface area contributed by atoms with Crippen molar-refractivity contribution in [2.75, 3.05) is 7.11 Å². The van der Waals surface area contributed by atoms with E-state index in [-0.39, 0.29) is 5.97 Å². The van der Waals surface area contributed by atoms with Crippen molar-refractivity contribution in [3.05, 3.63) is 52.4 Å². The molecule has 0 saturated heterocycles. The number of pyridine rings is 2. The zero-order valence-corrected chi connectivity index (χ0v) is 12.6. The van der Waals surface area contributed by atoms with Gasteiger partial charge in [0.25, 0.3) is 0 Å². The molecule has 0 aliphatic carbocycles. The molecule has 4 nitrogen and oxygen atoms in total. The maximum atomic E-state index is 11.3. The van der Waals surface area contributed by atoms with Crippen LogP contribution in [0.1, 0.15) is 16.1 Å². The number of nitrogens with zero attached hydrogens (tertiary/aromatic N) is 2. The molecule has 0 atom stereocenters. The second-order valence-electron chi connectivity index (χ2n) is 3.61. The number of aromatic nitrogens is 2. The van der Waals surface area contributed by atoms with E-state index in [1.807, 2.05) is 18.2 Å². The Morgan fingerprint density at radius 2 is 2.21 bits per heavy atom. The Balaban J connectivity index is 2.01. The minimum atomic E-state index is -0.376. The third kappa shape index (κ3) is 3.78. The number of esters is 1. The summed E-state index contributed by atoms with van der Waals surface area (Å²) in [5.41, 5.74) is 1.34. The summed E-state index contributed by atoms with van der Waals surface area (Å²) in [6, 6.07) is 7.35. The molecule has 0 radical (unpaired) electrons. The van der Waals surface area contributed by atoms with Crippen molar-refractivity contribution in [1.29, 1.82) is 0 Å². The molecule has 0 saturated carbocycles. The predicted octanol–water partition coefficient (Wildman–Crippen LogP) is 3.32. The smallest absolute Gasteiger partial charge is 0.339 e. The number of hydrogen-bond acceptors (Lipinski definition) is 5. The number of carbonyl (C=O) groups excluding carboxylic acids is 1. The van der Waals surface area contributed by atoms with Crippen LogP contribution in [0.5, 0.6) is 0 Å². The highest BCUT2D eigenvalue weighted by molar-refractivity contribution is 9.10. The van der Waals surface area contributed by atoms with E-state index < -0.39 is 0 Å². The fourth-order valence-corrected chi connectivity index (χ4v) is 2.76. The van der Waals surface area contributed by atoms with Gasteiger partial charge in [0, 0.05) is 22.6 Å². The standard InChI is InChI=1S/C13H11BrN2O2S/c1-18-13(17)9-4-5-10(16-7-9)8-19-12-11(14)3-2-6-15-12/h2-7H,8H2,1H3. The zero-order valence-electron chi connectivity index (χ0n) is 10.2. The second-order valence-corrected chi connectivity index (χ2v) is 5.43. The summed E-state index contributed by atoms with van der Waals surface area (Å²) in [6.45, 7) is 0. The first-order chi connectivity index (χ1) is 9.20. The van der Waals surface area contributed by atoms with Crippen molar-refractivity contribution < 1.29 is 9.53 Å². The van der Waals surface area contributed by atoms with Crippen LogP contribution in [0.25, 0.3) is 0 Å². The van der Waals surface area contributed by atoms with Gasteiger partial charge >= 0.3 is 5.97 Å². The molecule has 0 spiro atoms. The Morgan fingerprint density at radius 3 is 2.84 bits per heavy atom. The molecule has 0 aliphatic heterocycles. The summed E-state index contributed by atoms with van der Waals surface area (Å²) in [5, 5.41) is 0.918. The first-order valence-electron chi connectivity index (χ1n) is 5.47. The van der Waals surface area contributed by atoms with E-state index in [0.29, 0.717) is 11.3 Å². The number of thioether (sulfide) groups is 1. The van der Waals surface area contributed by atoms with Crippen molar-refractivity contribution in [3.63, 3.8) is 0 Å². The lowest BCUT2D eigenvalue weighted by Gasteiger charge is -2.03. The molecule has 0 amide bonds. The molecule has 0 N–H and O–H groups in total. The van der Waals surface area contributed by atoms with Gasteiger partial charge in [0.15, 0.2) is 0 Å². The monoisotopic (exact) mass is 338 g/mol. The highest BCUT2D eigenvalue weighted by atomic mass is 79.9. The summed E-state index contributed by atoms with van der Waals surface area (Å²) < 4.78 is 5.58. The van der Waals surface area contributed by atoms with E-state index >= 15 is 0 Å². The van der Waals surface area contributed by atoms with E-state index in [1.54, 1.807) is 24.0 Å². The maximum absolute atomic E-state index is 11.3. The molecule has 0 fully saturated rings. The zero-order chi connectivity index (χ0) is 13.7. The molecular formula is C13H11BrN2O2S. The SMILES string of the molecule is COC(=O)c1ccc(CSc2ncccc2Br)nc1. The van der Waals surface area contributed by atoms with E-state index in [4.69, 9.17) is 0 Å². The highest BCUT2D eigenvalue weighted by Crippen LogP contribution is 2.26. The van der Waals surface area contributed by atoms with Crippen LogP contribution < -0.4 is 0 Å². The highest BCUT2D eigenvalue weighted by Gasteiger charge is 2.06. The Bertz CT molecular complexity index is 575. The van der Waals surface area contributed by atoms with Crippen LogP contribution in [0.2, 0.25) is 0 Å². The third-order valence-corrected chi connectivity index (χ3v) is 4.27. The summed E-state index contributed by atoms with van der Waals surface area (Å²) in [5.74, 6) is 0.316. The first-order valence-corrected chi connectivity index (χ1v) is 7.25. The van der Waals surface area contributed by atoms with Gasteiger partial charge in [-0.25, -0.2) is 9.78 Å². The summed E-state index contributed by atoms with van der Waals surface area (Å²) in [6.07, 6.45) is 3.27. The Labute approximate surface area is 123 Å². The average molecular weight is 339 g/mol. The minimum Gasteiger partial charge on any atom is -0.465 e. The maximum Gasteiger partial charge on any atom is 0.339 e. The Kier molecular flexibility index (Phi) is 4.93. The van der Waals surface area contributed by atoms with Crippen molar-refractivity contribution in [3.8, 4) is 0 Å². The van der Waals surface area contributed by atoms with Crippen molar-refractivity contribution >= 4 is 33.7 Å². The van der Waals surface area contributed by atoms with Gasteiger partial charge in [0.1, 0.15) is 5.03 Å². The van der Waals surface area contributed by atoms with Gasteiger partial charge in [-0.05, 0) is 40.2 Å². The van der Waals surface area contributed by atoms with Gasteiger partial charge < -0.3 is 4.74 Å². The van der Waals surface area contributed by atoms with Gasteiger partial charge in [-0.1, -0.05) is 11.8 Å². The van der Waals surface area contributed by atoms with E-state index in [1.165, 1.54) is 13.3 Å². The number of carbonyl (C=O) groups is 1. The summed E-state index contributed by atoms with van der Waals surface area (Å²) in [7, 11) is 1.35. The number of hydrogen-bond donors (Lipinski definition) is 0. The van der Waals surface area contributed by atoms with Crippen molar-refractivity contribution in [1.82, 2.24) is 9.97 Å². The third-order valence-electron chi connectivity index (χ3n) is 2.33. The number of methoxy groups -OCH3 is 1. The van der Waals surface area contributed by atoms with Gasteiger partial charge in [0.2, 0.25) is 0 Å². The molecular weight excluding hydrogens is 328 g/mol. The number of rotatable bonds is 4. The molecule has 0 aromatic carbocycles. The van der Waals surface area contributed by atoms with Crippen molar-refractivity contribution in [2.24, 2.45) is 0 Å². The average Bonchev–Trinajstić information content (AvgIpc) is 2.46. The molecule has 19 heavy (non-hydrogen) atoms. The summed E-state index contributed by atoms with van der Waals surface area (Å²) >= 11 is 5.03. The van der Waals surface area contributed by atoms with E-state index in [0.717, 1.165) is 15.2 Å². The molecule has 2 rings (SSSR count). The Morgan fingerprint density at radius 1 is 1.37 bits per heavy atom. The molecule has 2 aromatic rings. The molecule has 0 unspecified atom stereocenters. The van der Waals surface area contributed by atoms with Gasteiger partial charge in [-0.3, -0.25) is 4.98 Å². The topological polar surface area (TPSA) is 52.1 Å². The lowest BCUT2D eigenvalue weighted by Crippen LogP contribution is -2.02. The summed E-state index contributed by atoms with van der Waals surface area (Å²) in [4.78, 5) is 19.8. The number of halogens is 1. The van der Waals surface area contributed by atoms with E-state index in [2.05, 4.69) is 30.6 Å². The normalized spacial score (nSPS) is 10.2. The molecule has 6 heteroatoms. The van der Waals surface area contributed by atoms with Crippen LogP contribution in [-0.4, -0.2) is 23.0 Å². The van der Waals surface area contributed by atoms with E-state index in [9.17, 15) is 4.79 Å². The van der Waals surface area contributed by atoms with Gasteiger partial charge in [0.05, 0.1) is 18.4 Å². The minimum absolute atomic E-state index is 0.376. The molecule has 2 heterocycles. The fourth-order valence-electron chi connectivity index (χ4n) is 1.37. The van der Waals surface area contributed by atoms with Crippen molar-refractivity contribution in [2.45, 2.75) is 10.8 Å². The lowest BCUT2D eigenvalue weighted by atomic mass is 10.2. The van der Waals surface area contributed by atoms with Crippen LogP contribution in [-0.2, 0) is 10.5 Å². The van der Waals surface area contributed by atoms with Crippen LogP contribution in [0.3, 0.4) is 0 Å². The molecule has 0 aliphatic rings. The van der Waals surface area contributed by atoms with Crippen LogP contribution >= 0.6 is 27.7 Å². The second kappa shape index (κ2) is 6.68. The molecule has 98 valence electrons. The first kappa shape index (κ1) is 14.0. The fraction of sp³-hybridized carbons (Fsp3) is 0.154. The Hall–Kier alpha value is -1.40. The lowest BCUT2D eigenvalue weighted by molar-refractivity contribution is 0.0600. The van der Waals surface area contributed by atoms with Crippen LogP contribution in [0, 0.1) is 0 Å². The largest absolute Gasteiger partial charge is 0.465 e. The quantitative estimate of drug-likeness (QED) is 0.632.